The molecule has 0 bridgehead atoms. The highest BCUT2D eigenvalue weighted by molar-refractivity contribution is 5.82. The van der Waals surface area contributed by atoms with Gasteiger partial charge in [-0.3, -0.25) is 4.79 Å². The molecule has 0 atom stereocenters. The highest BCUT2D eigenvalue weighted by Gasteiger charge is 2.12. The summed E-state index contributed by atoms with van der Waals surface area (Å²) in [6.07, 6.45) is 0.0347. The molecule has 0 aliphatic rings. The zero-order chi connectivity index (χ0) is 18.8. The van der Waals surface area contributed by atoms with E-state index in [0.29, 0.717) is 33.9 Å². The van der Waals surface area contributed by atoms with E-state index in [1.54, 1.807) is 18.2 Å². The van der Waals surface area contributed by atoms with Crippen LogP contribution < -0.4 is 20.6 Å². The van der Waals surface area contributed by atoms with Crippen molar-refractivity contribution < 1.29 is 13.9 Å². The molecule has 1 heterocycles. The predicted molar refractivity (Wildman–Crippen MR) is 104 cm³/mol. The van der Waals surface area contributed by atoms with E-state index < -0.39 is 0 Å². The number of nitrogens with two attached hydrogens (primary N) is 1. The summed E-state index contributed by atoms with van der Waals surface area (Å²) < 4.78 is 17.6. The van der Waals surface area contributed by atoms with Crippen LogP contribution in [-0.2, 0) is 0 Å². The summed E-state index contributed by atoms with van der Waals surface area (Å²) in [5.74, 6) is 1.77. The third-order valence-corrected chi connectivity index (χ3v) is 3.66. The predicted octanol–water partition coefficient (Wildman–Crippen LogP) is 4.62. The van der Waals surface area contributed by atoms with Gasteiger partial charge >= 0.3 is 0 Å². The first-order valence-electron chi connectivity index (χ1n) is 8.64. The summed E-state index contributed by atoms with van der Waals surface area (Å²) in [5, 5.41) is 0.460. The van der Waals surface area contributed by atoms with Crippen LogP contribution >= 0.6 is 0 Å². The lowest BCUT2D eigenvalue weighted by Crippen LogP contribution is -2.08. The Morgan fingerprint density at radius 1 is 0.885 bits per heavy atom. The van der Waals surface area contributed by atoms with E-state index >= 15 is 0 Å². The van der Waals surface area contributed by atoms with Crippen molar-refractivity contribution in [3.05, 3.63) is 52.7 Å². The van der Waals surface area contributed by atoms with E-state index in [2.05, 4.69) is 0 Å². The van der Waals surface area contributed by atoms with Gasteiger partial charge in [-0.1, -0.05) is 0 Å². The van der Waals surface area contributed by atoms with E-state index in [0.717, 1.165) is 5.56 Å². The average molecular weight is 353 g/mol. The molecular formula is C21H23NO4. The topological polar surface area (TPSA) is 74.7 Å². The molecule has 3 rings (SSSR count). The molecule has 0 amide bonds. The number of ether oxygens (including phenoxy) is 2. The van der Waals surface area contributed by atoms with Crippen LogP contribution in [-0.4, -0.2) is 12.2 Å². The minimum atomic E-state index is -0.143. The molecule has 0 spiro atoms. The standard InChI is InChI=1S/C21H23NO4/c1-12(2)24-16-7-14(8-17(10-16)25-13(3)4)21-11-19(23)18-9-15(22)5-6-20(18)26-21/h5-13H,22H2,1-4H3. The number of nitrogen functional groups attached to an aromatic ring is 1. The maximum atomic E-state index is 12.5. The molecule has 2 N–H and O–H groups in total. The maximum absolute atomic E-state index is 12.5. The van der Waals surface area contributed by atoms with Crippen LogP contribution in [0.1, 0.15) is 27.7 Å². The molecule has 136 valence electrons. The largest absolute Gasteiger partial charge is 0.491 e. The fraction of sp³-hybridized carbons (Fsp3) is 0.286. The van der Waals surface area contributed by atoms with Gasteiger partial charge in [-0.25, -0.2) is 0 Å². The van der Waals surface area contributed by atoms with Gasteiger partial charge in [0.2, 0.25) is 0 Å². The molecule has 0 radical (unpaired) electrons. The first kappa shape index (κ1) is 17.9. The van der Waals surface area contributed by atoms with Crippen LogP contribution in [0.15, 0.2) is 51.7 Å². The minimum Gasteiger partial charge on any atom is -0.491 e. The lowest BCUT2D eigenvalue weighted by atomic mass is 10.1. The van der Waals surface area contributed by atoms with Crippen molar-refractivity contribution in [3.63, 3.8) is 0 Å². The molecule has 0 fully saturated rings. The van der Waals surface area contributed by atoms with Crippen molar-refractivity contribution in [2.75, 3.05) is 5.73 Å². The van der Waals surface area contributed by atoms with E-state index in [1.807, 2.05) is 45.9 Å². The molecule has 0 aliphatic heterocycles. The highest BCUT2D eigenvalue weighted by Crippen LogP contribution is 2.32. The molecule has 26 heavy (non-hydrogen) atoms. The number of rotatable bonds is 5. The molecular weight excluding hydrogens is 330 g/mol. The fourth-order valence-electron chi connectivity index (χ4n) is 2.71. The van der Waals surface area contributed by atoms with Crippen molar-refractivity contribution in [2.24, 2.45) is 0 Å². The first-order chi connectivity index (χ1) is 12.3. The number of fused-ring (bicyclic) bond motifs is 1. The molecule has 1 aromatic heterocycles. The Kier molecular flexibility index (Phi) is 4.89. The van der Waals surface area contributed by atoms with E-state index in [4.69, 9.17) is 19.6 Å². The normalized spacial score (nSPS) is 11.3. The van der Waals surface area contributed by atoms with Gasteiger partial charge in [0.05, 0.1) is 17.6 Å². The van der Waals surface area contributed by atoms with E-state index in [9.17, 15) is 4.79 Å². The molecule has 0 aliphatic carbocycles. The number of benzene rings is 2. The number of anilines is 1. The van der Waals surface area contributed by atoms with Gasteiger partial charge in [-0.15, -0.1) is 0 Å². The molecule has 3 aromatic rings. The number of hydrogen-bond acceptors (Lipinski definition) is 5. The van der Waals surface area contributed by atoms with Crippen LogP contribution in [0.3, 0.4) is 0 Å². The molecule has 0 saturated heterocycles. The maximum Gasteiger partial charge on any atom is 0.193 e. The summed E-state index contributed by atoms with van der Waals surface area (Å²) >= 11 is 0. The van der Waals surface area contributed by atoms with Gasteiger partial charge in [0, 0.05) is 23.4 Å². The second-order valence-corrected chi connectivity index (χ2v) is 6.76. The summed E-state index contributed by atoms with van der Waals surface area (Å²) in [6.45, 7) is 7.82. The molecule has 0 unspecified atom stereocenters. The van der Waals surface area contributed by atoms with Crippen molar-refractivity contribution in [3.8, 4) is 22.8 Å². The Balaban J connectivity index is 2.13. The lowest BCUT2D eigenvalue weighted by Gasteiger charge is -2.15. The third kappa shape index (κ3) is 3.99. The molecule has 2 aromatic carbocycles. The van der Waals surface area contributed by atoms with E-state index in [-0.39, 0.29) is 17.6 Å². The van der Waals surface area contributed by atoms with Crippen LogP contribution in [0, 0.1) is 0 Å². The molecule has 5 nitrogen and oxygen atoms in total. The van der Waals surface area contributed by atoms with Gasteiger partial charge in [-0.05, 0) is 58.0 Å². The lowest BCUT2D eigenvalue weighted by molar-refractivity contribution is 0.229. The average Bonchev–Trinajstić information content (AvgIpc) is 2.53. The van der Waals surface area contributed by atoms with Gasteiger partial charge in [0.25, 0.3) is 0 Å². The quantitative estimate of drug-likeness (QED) is 0.678. The van der Waals surface area contributed by atoms with Gasteiger partial charge in [-0.2, -0.15) is 0 Å². The first-order valence-corrected chi connectivity index (χ1v) is 8.64. The number of hydrogen-bond donors (Lipinski definition) is 1. The summed E-state index contributed by atoms with van der Waals surface area (Å²) in [7, 11) is 0. The minimum absolute atomic E-state index is 0.0173. The van der Waals surface area contributed by atoms with Crippen LogP contribution in [0.4, 0.5) is 5.69 Å². The Bertz CT molecular complexity index is 961. The van der Waals surface area contributed by atoms with E-state index in [1.165, 1.54) is 6.07 Å². The summed E-state index contributed by atoms with van der Waals surface area (Å²) in [5.41, 5.74) is 7.35. The van der Waals surface area contributed by atoms with Gasteiger partial charge in [0.1, 0.15) is 22.8 Å². The van der Waals surface area contributed by atoms with Gasteiger partial charge < -0.3 is 19.6 Å². The van der Waals surface area contributed by atoms with Gasteiger partial charge in [0.15, 0.2) is 5.43 Å². The van der Waals surface area contributed by atoms with Crippen molar-refractivity contribution >= 4 is 16.7 Å². The smallest absolute Gasteiger partial charge is 0.193 e. The van der Waals surface area contributed by atoms with Crippen molar-refractivity contribution in [1.82, 2.24) is 0 Å². The highest BCUT2D eigenvalue weighted by atomic mass is 16.5. The monoisotopic (exact) mass is 353 g/mol. The third-order valence-electron chi connectivity index (χ3n) is 3.66. The SMILES string of the molecule is CC(C)Oc1cc(OC(C)C)cc(-c2cc(=O)c3cc(N)ccc3o2)c1. The Labute approximate surface area is 152 Å². The molecule has 5 heteroatoms. The summed E-state index contributed by atoms with van der Waals surface area (Å²) in [6, 6.07) is 12.0. The van der Waals surface area contributed by atoms with Crippen LogP contribution in [0.5, 0.6) is 11.5 Å². The zero-order valence-corrected chi connectivity index (χ0v) is 15.4. The van der Waals surface area contributed by atoms with Crippen molar-refractivity contribution in [1.29, 1.82) is 0 Å². The Hall–Kier alpha value is -2.95. The summed E-state index contributed by atoms with van der Waals surface area (Å²) in [4.78, 5) is 12.5. The second-order valence-electron chi connectivity index (χ2n) is 6.76. The zero-order valence-electron chi connectivity index (χ0n) is 15.4. The Morgan fingerprint density at radius 2 is 1.50 bits per heavy atom. The second kappa shape index (κ2) is 7.12. The van der Waals surface area contributed by atoms with Crippen LogP contribution in [0.25, 0.3) is 22.3 Å². The van der Waals surface area contributed by atoms with Crippen molar-refractivity contribution in [2.45, 2.75) is 39.9 Å². The molecule has 0 saturated carbocycles. The van der Waals surface area contributed by atoms with Crippen LogP contribution in [0.2, 0.25) is 0 Å². The Morgan fingerprint density at radius 3 is 2.08 bits per heavy atom. The fourth-order valence-corrected chi connectivity index (χ4v) is 2.71.